The van der Waals surface area contributed by atoms with Crippen LogP contribution in [-0.4, -0.2) is 19.3 Å². The fourth-order valence-corrected chi connectivity index (χ4v) is 2.37. The molecule has 0 aliphatic heterocycles. The summed E-state index contributed by atoms with van der Waals surface area (Å²) in [5.74, 6) is 6.09. The van der Waals surface area contributed by atoms with E-state index in [0.29, 0.717) is 0 Å². The van der Waals surface area contributed by atoms with Crippen molar-refractivity contribution in [1.29, 1.82) is 0 Å². The van der Waals surface area contributed by atoms with Gasteiger partial charge in [0.15, 0.2) is 0 Å². The molecule has 1 N–H and O–H groups in total. The Labute approximate surface area is 139 Å². The predicted molar refractivity (Wildman–Crippen MR) is 98.4 cm³/mol. The van der Waals surface area contributed by atoms with Gasteiger partial charge in [-0.25, -0.2) is 0 Å². The normalized spacial score (nSPS) is 13.0. The Kier molecular flexibility index (Phi) is 5.98. The third-order valence-corrected chi connectivity index (χ3v) is 3.92. The minimum Gasteiger partial charge on any atom is -0.366 e. The van der Waals surface area contributed by atoms with Crippen molar-refractivity contribution in [2.75, 3.05) is 13.7 Å². The number of hydrogen-bond donors (Lipinski definition) is 1. The second-order valence-corrected chi connectivity index (χ2v) is 6.08. The van der Waals surface area contributed by atoms with E-state index in [1.165, 1.54) is 16.3 Å². The SMILES string of the molecule is COC(C)(C)C#C/C=C/CNC(C)c1cccc2ccccc12. The molecule has 0 saturated carbocycles. The van der Waals surface area contributed by atoms with Crippen molar-refractivity contribution in [3.05, 3.63) is 60.2 Å². The van der Waals surface area contributed by atoms with Gasteiger partial charge in [0, 0.05) is 19.7 Å². The maximum atomic E-state index is 5.26. The smallest absolute Gasteiger partial charge is 0.123 e. The molecule has 0 heterocycles. The highest BCUT2D eigenvalue weighted by Crippen LogP contribution is 2.23. The Morgan fingerprint density at radius 2 is 1.91 bits per heavy atom. The maximum absolute atomic E-state index is 5.26. The van der Waals surface area contributed by atoms with Gasteiger partial charge in [-0.3, -0.25) is 0 Å². The molecule has 0 fully saturated rings. The third kappa shape index (κ3) is 4.96. The topological polar surface area (TPSA) is 21.3 Å². The molecule has 2 nitrogen and oxygen atoms in total. The third-order valence-electron chi connectivity index (χ3n) is 3.92. The monoisotopic (exact) mass is 307 g/mol. The van der Waals surface area contributed by atoms with Gasteiger partial charge in [-0.2, -0.15) is 0 Å². The number of ether oxygens (including phenoxy) is 1. The van der Waals surface area contributed by atoms with Crippen molar-refractivity contribution < 1.29 is 4.74 Å². The largest absolute Gasteiger partial charge is 0.366 e. The van der Waals surface area contributed by atoms with Crippen molar-refractivity contribution >= 4 is 10.8 Å². The summed E-state index contributed by atoms with van der Waals surface area (Å²) in [5, 5.41) is 6.10. The summed E-state index contributed by atoms with van der Waals surface area (Å²) in [6, 6.07) is 15.2. The van der Waals surface area contributed by atoms with Crippen molar-refractivity contribution in [1.82, 2.24) is 5.32 Å². The van der Waals surface area contributed by atoms with Crippen LogP contribution in [0.5, 0.6) is 0 Å². The van der Waals surface area contributed by atoms with Gasteiger partial charge in [0.2, 0.25) is 0 Å². The molecule has 1 atom stereocenters. The summed E-state index contributed by atoms with van der Waals surface area (Å²) in [4.78, 5) is 0. The Bertz CT molecular complexity index is 729. The van der Waals surface area contributed by atoms with Gasteiger partial charge in [0.1, 0.15) is 5.60 Å². The number of nitrogens with one attached hydrogen (secondary N) is 1. The predicted octanol–water partition coefficient (Wildman–Crippen LogP) is 4.48. The zero-order valence-corrected chi connectivity index (χ0v) is 14.4. The lowest BCUT2D eigenvalue weighted by molar-refractivity contribution is 0.0742. The molecule has 0 aliphatic carbocycles. The van der Waals surface area contributed by atoms with Crippen molar-refractivity contribution in [3.8, 4) is 11.8 Å². The fourth-order valence-electron chi connectivity index (χ4n) is 2.37. The molecule has 0 bridgehead atoms. The molecule has 0 aliphatic rings. The van der Waals surface area contributed by atoms with Gasteiger partial charge in [-0.05, 0) is 43.2 Å². The van der Waals surface area contributed by atoms with Crippen molar-refractivity contribution in [2.24, 2.45) is 0 Å². The summed E-state index contributed by atoms with van der Waals surface area (Å²) >= 11 is 0. The van der Waals surface area contributed by atoms with E-state index in [-0.39, 0.29) is 6.04 Å². The highest BCUT2D eigenvalue weighted by Gasteiger charge is 2.10. The van der Waals surface area contributed by atoms with E-state index < -0.39 is 5.60 Å². The lowest BCUT2D eigenvalue weighted by Gasteiger charge is -2.15. The average molecular weight is 307 g/mol. The molecule has 1 unspecified atom stereocenters. The lowest BCUT2D eigenvalue weighted by atomic mass is 10.00. The van der Waals surface area contributed by atoms with Gasteiger partial charge >= 0.3 is 0 Å². The molecule has 0 aromatic heterocycles. The van der Waals surface area contributed by atoms with Gasteiger partial charge in [0.25, 0.3) is 0 Å². The number of hydrogen-bond acceptors (Lipinski definition) is 2. The number of rotatable bonds is 5. The van der Waals surface area contributed by atoms with E-state index >= 15 is 0 Å². The molecular formula is C21H25NO. The average Bonchev–Trinajstić information content (AvgIpc) is 2.57. The van der Waals surface area contributed by atoms with E-state index in [1.54, 1.807) is 7.11 Å². The van der Waals surface area contributed by atoms with Gasteiger partial charge < -0.3 is 10.1 Å². The fraction of sp³-hybridized carbons (Fsp3) is 0.333. The summed E-state index contributed by atoms with van der Waals surface area (Å²) in [7, 11) is 1.67. The summed E-state index contributed by atoms with van der Waals surface area (Å²) in [5.41, 5.74) is 0.927. The van der Waals surface area contributed by atoms with Crippen LogP contribution in [0.4, 0.5) is 0 Å². The summed E-state index contributed by atoms with van der Waals surface area (Å²) in [6.45, 7) is 6.88. The zero-order valence-electron chi connectivity index (χ0n) is 14.4. The van der Waals surface area contributed by atoms with E-state index in [1.807, 2.05) is 26.0 Å². The highest BCUT2D eigenvalue weighted by atomic mass is 16.5. The molecule has 2 aromatic rings. The van der Waals surface area contributed by atoms with Crippen LogP contribution in [0.15, 0.2) is 54.6 Å². The quantitative estimate of drug-likeness (QED) is 0.823. The van der Waals surface area contributed by atoms with Crippen LogP contribution < -0.4 is 5.32 Å². The van der Waals surface area contributed by atoms with Crippen molar-refractivity contribution in [2.45, 2.75) is 32.4 Å². The minimum absolute atomic E-state index is 0.286. The first-order valence-electron chi connectivity index (χ1n) is 7.97. The molecule has 120 valence electrons. The van der Waals surface area contributed by atoms with E-state index in [0.717, 1.165) is 6.54 Å². The van der Waals surface area contributed by atoms with Gasteiger partial charge in [0.05, 0.1) is 0 Å². The molecule has 2 aromatic carbocycles. The van der Waals surface area contributed by atoms with Crippen LogP contribution in [-0.2, 0) is 4.74 Å². The van der Waals surface area contributed by atoms with E-state index in [9.17, 15) is 0 Å². The molecule has 0 amide bonds. The Balaban J connectivity index is 1.96. The van der Waals surface area contributed by atoms with Crippen LogP contribution in [0, 0.1) is 11.8 Å². The zero-order chi connectivity index (χ0) is 16.7. The lowest BCUT2D eigenvalue weighted by Crippen LogP contribution is -2.19. The molecule has 23 heavy (non-hydrogen) atoms. The Morgan fingerprint density at radius 1 is 1.17 bits per heavy atom. The number of fused-ring (bicyclic) bond motifs is 1. The standard InChI is InChI=1S/C21H25NO/c1-17(22-16-9-5-8-15-21(2,3)23-4)19-14-10-12-18-11-6-7-13-20(18)19/h5-7,9-14,17,22H,16H2,1-4H3/b9-5+. The Morgan fingerprint density at radius 3 is 2.70 bits per heavy atom. The van der Waals surface area contributed by atoms with Gasteiger partial charge in [-0.15, -0.1) is 0 Å². The van der Waals surface area contributed by atoms with Crippen LogP contribution in [0.1, 0.15) is 32.4 Å². The first-order chi connectivity index (χ1) is 11.0. The molecule has 2 heteroatoms. The molecule has 2 rings (SSSR count). The van der Waals surface area contributed by atoms with Crippen LogP contribution >= 0.6 is 0 Å². The molecular weight excluding hydrogens is 282 g/mol. The number of methoxy groups -OCH3 is 1. The number of benzene rings is 2. The highest BCUT2D eigenvalue weighted by molar-refractivity contribution is 5.86. The summed E-state index contributed by atoms with van der Waals surface area (Å²) in [6.07, 6.45) is 3.92. The van der Waals surface area contributed by atoms with E-state index in [4.69, 9.17) is 4.74 Å². The second kappa shape index (κ2) is 7.97. The van der Waals surface area contributed by atoms with Crippen LogP contribution in [0.2, 0.25) is 0 Å². The molecule has 0 saturated heterocycles. The number of allylic oxidation sites excluding steroid dienone is 1. The Hall–Kier alpha value is -2.08. The first kappa shape index (κ1) is 17.3. The molecule has 0 radical (unpaired) electrons. The minimum atomic E-state index is -0.395. The second-order valence-electron chi connectivity index (χ2n) is 6.08. The van der Waals surface area contributed by atoms with Crippen LogP contribution in [0.25, 0.3) is 10.8 Å². The molecule has 0 spiro atoms. The van der Waals surface area contributed by atoms with Gasteiger partial charge in [-0.1, -0.05) is 60.4 Å². The van der Waals surface area contributed by atoms with Crippen LogP contribution in [0.3, 0.4) is 0 Å². The van der Waals surface area contributed by atoms with E-state index in [2.05, 4.69) is 66.5 Å². The maximum Gasteiger partial charge on any atom is 0.123 e. The van der Waals surface area contributed by atoms with Crippen molar-refractivity contribution in [3.63, 3.8) is 0 Å². The first-order valence-corrected chi connectivity index (χ1v) is 7.97. The summed E-state index contributed by atoms with van der Waals surface area (Å²) < 4.78 is 5.26.